The zero-order valence-corrected chi connectivity index (χ0v) is 28.4. The number of carbonyl (C=O) groups excluding carboxylic acids is 1. The number of hydrogen-bond donors (Lipinski definition) is 2. The second-order valence-corrected chi connectivity index (χ2v) is 12.8. The first-order chi connectivity index (χ1) is 24.4. The maximum absolute atomic E-state index is 13.8. The molecule has 262 valence electrons. The average molecular weight is 737 g/mol. The monoisotopic (exact) mass is 735 g/mol. The van der Waals surface area contributed by atoms with E-state index < -0.39 is 41.4 Å². The lowest BCUT2D eigenvalue weighted by Gasteiger charge is -2.36. The Morgan fingerprint density at radius 3 is 2.37 bits per heavy atom. The van der Waals surface area contributed by atoms with Gasteiger partial charge in [-0.25, -0.2) is 9.59 Å². The summed E-state index contributed by atoms with van der Waals surface area (Å²) in [6.45, 7) is 3.59. The topological polar surface area (TPSA) is 103 Å². The molecule has 1 amide bonds. The minimum Gasteiger partial charge on any atom is -0.478 e. The van der Waals surface area contributed by atoms with Crippen molar-refractivity contribution in [3.63, 3.8) is 0 Å². The largest absolute Gasteiger partial charge is 0.478 e. The van der Waals surface area contributed by atoms with Crippen LogP contribution in [-0.2, 0) is 28.7 Å². The number of carboxylic acids is 1. The maximum atomic E-state index is 13.8. The van der Waals surface area contributed by atoms with Gasteiger partial charge in [0, 0.05) is 71.5 Å². The van der Waals surface area contributed by atoms with Gasteiger partial charge < -0.3 is 19.7 Å². The second kappa shape index (κ2) is 15.0. The van der Waals surface area contributed by atoms with Crippen LogP contribution in [0.25, 0.3) is 28.2 Å². The Balaban J connectivity index is 1.39. The van der Waals surface area contributed by atoms with Gasteiger partial charge in [0.25, 0.3) is 0 Å². The molecule has 1 aromatic heterocycles. The first-order valence-electron chi connectivity index (χ1n) is 15.8. The van der Waals surface area contributed by atoms with E-state index in [0.717, 1.165) is 49.6 Å². The van der Waals surface area contributed by atoms with Crippen LogP contribution in [-0.4, -0.2) is 48.1 Å². The number of benzene rings is 4. The molecule has 2 N–H and O–H groups in total. The summed E-state index contributed by atoms with van der Waals surface area (Å²) in [5.41, 5.74) is 0.624. The van der Waals surface area contributed by atoms with Crippen LogP contribution in [0.4, 0.5) is 24.5 Å². The lowest BCUT2D eigenvalue weighted by atomic mass is 9.93. The first kappa shape index (κ1) is 35.7. The fourth-order valence-corrected chi connectivity index (χ4v) is 6.53. The molecular weight excluding hydrogens is 706 g/mol. The number of carbonyl (C=O) groups is 2. The summed E-state index contributed by atoms with van der Waals surface area (Å²) in [4.78, 5) is 42.7. The van der Waals surface area contributed by atoms with E-state index in [1.165, 1.54) is 12.1 Å². The lowest BCUT2D eigenvalue weighted by molar-refractivity contribution is -0.137. The Bertz CT molecular complexity index is 2200. The molecule has 4 aromatic carbocycles. The molecule has 2 heterocycles. The summed E-state index contributed by atoms with van der Waals surface area (Å²) in [6, 6.07) is 23.1. The van der Waals surface area contributed by atoms with Crippen molar-refractivity contribution in [1.82, 2.24) is 4.90 Å². The molecule has 0 bridgehead atoms. The standard InChI is InChI=1S/C38H30Cl2F3N3O5/c39-26-10-11-32(30(19-26)38(41,42)43)44-34(47)20-29-36(24-6-4-5-23(17-24)9-12-35(48)49)28-18-25(31(40)21-33(28)51-37(29)50)22-45-13-15-46(16-14-45)27-7-2-1-3-8-27/h1-12,17-19,21H,13-16,20,22H2,(H,44,47)(H,48,49). The van der Waals surface area contributed by atoms with Crippen molar-refractivity contribution < 1.29 is 32.3 Å². The van der Waals surface area contributed by atoms with Crippen LogP contribution >= 0.6 is 23.2 Å². The maximum Gasteiger partial charge on any atom is 0.418 e. The van der Waals surface area contributed by atoms with Crippen molar-refractivity contribution >= 4 is 63.5 Å². The Morgan fingerprint density at radius 1 is 0.922 bits per heavy atom. The van der Waals surface area contributed by atoms with Gasteiger partial charge >= 0.3 is 17.8 Å². The number of amides is 1. The molecule has 0 atom stereocenters. The van der Waals surface area contributed by atoms with Crippen LogP contribution in [0, 0.1) is 0 Å². The molecule has 13 heteroatoms. The molecule has 0 aliphatic carbocycles. The third-order valence-electron chi connectivity index (χ3n) is 8.55. The van der Waals surface area contributed by atoms with E-state index in [9.17, 15) is 32.7 Å². The molecule has 1 aliphatic rings. The average Bonchev–Trinajstić information content (AvgIpc) is 3.09. The number of anilines is 2. The molecule has 6 rings (SSSR count). The molecule has 51 heavy (non-hydrogen) atoms. The molecule has 0 spiro atoms. The summed E-state index contributed by atoms with van der Waals surface area (Å²) in [7, 11) is 0. The summed E-state index contributed by atoms with van der Waals surface area (Å²) in [5.74, 6) is -2.06. The number of alkyl halides is 3. The van der Waals surface area contributed by atoms with Gasteiger partial charge in [-0.2, -0.15) is 13.2 Å². The molecule has 1 saturated heterocycles. The Hall–Kier alpha value is -5.10. The predicted octanol–water partition coefficient (Wildman–Crippen LogP) is 8.39. The predicted molar refractivity (Wildman–Crippen MR) is 192 cm³/mol. The fraction of sp³-hybridized carbons (Fsp3) is 0.184. The molecule has 0 radical (unpaired) electrons. The number of carboxylic acid groups (broad SMARTS) is 1. The third kappa shape index (κ3) is 8.45. The minimum absolute atomic E-state index is 0.105. The summed E-state index contributed by atoms with van der Waals surface area (Å²) >= 11 is 12.5. The van der Waals surface area contributed by atoms with Gasteiger partial charge in [-0.1, -0.05) is 59.6 Å². The van der Waals surface area contributed by atoms with Gasteiger partial charge in [0.1, 0.15) is 5.58 Å². The van der Waals surface area contributed by atoms with Crippen molar-refractivity contribution in [2.75, 3.05) is 36.4 Å². The van der Waals surface area contributed by atoms with Crippen molar-refractivity contribution in [3.05, 3.63) is 134 Å². The molecule has 0 unspecified atom stereocenters. The SMILES string of the molecule is O=C(O)C=Cc1cccc(-c2c(CC(=O)Nc3ccc(Cl)cc3C(F)(F)F)c(=O)oc3cc(Cl)c(CN4CCN(c5ccccc5)CC4)cc23)c1. The highest BCUT2D eigenvalue weighted by Gasteiger charge is 2.34. The van der Waals surface area contributed by atoms with E-state index in [-0.39, 0.29) is 16.2 Å². The van der Waals surface area contributed by atoms with Gasteiger partial charge in [-0.15, -0.1) is 0 Å². The van der Waals surface area contributed by atoms with E-state index in [0.29, 0.717) is 39.7 Å². The Kier molecular flexibility index (Phi) is 10.5. The number of rotatable bonds is 9. The highest BCUT2D eigenvalue weighted by atomic mass is 35.5. The van der Waals surface area contributed by atoms with Gasteiger partial charge in [0.05, 0.1) is 23.2 Å². The summed E-state index contributed by atoms with van der Waals surface area (Å²) in [6.07, 6.45) is -3.11. The van der Waals surface area contributed by atoms with Crippen LogP contribution in [0.5, 0.6) is 0 Å². The zero-order valence-electron chi connectivity index (χ0n) is 26.8. The van der Waals surface area contributed by atoms with E-state index in [4.69, 9.17) is 27.6 Å². The van der Waals surface area contributed by atoms with Crippen molar-refractivity contribution in [2.24, 2.45) is 0 Å². The number of para-hydroxylation sites is 1. The van der Waals surface area contributed by atoms with Gasteiger partial charge in [0.2, 0.25) is 5.91 Å². The second-order valence-electron chi connectivity index (χ2n) is 12.0. The van der Waals surface area contributed by atoms with Crippen molar-refractivity contribution in [1.29, 1.82) is 0 Å². The number of hydrogen-bond acceptors (Lipinski definition) is 6. The van der Waals surface area contributed by atoms with Gasteiger partial charge in [0.15, 0.2) is 0 Å². The van der Waals surface area contributed by atoms with Crippen LogP contribution in [0.1, 0.15) is 22.3 Å². The number of nitrogens with one attached hydrogen (secondary N) is 1. The highest BCUT2D eigenvalue weighted by Crippen LogP contribution is 2.38. The number of aliphatic carboxylic acids is 1. The normalized spacial score (nSPS) is 13.9. The highest BCUT2D eigenvalue weighted by molar-refractivity contribution is 6.32. The molecule has 5 aromatic rings. The first-order valence-corrected chi connectivity index (χ1v) is 16.6. The van der Waals surface area contributed by atoms with Gasteiger partial charge in [-0.05, 0) is 65.2 Å². The third-order valence-corrected chi connectivity index (χ3v) is 9.14. The number of nitrogens with zero attached hydrogens (tertiary/aromatic N) is 2. The Morgan fingerprint density at radius 2 is 1.67 bits per heavy atom. The molecule has 8 nitrogen and oxygen atoms in total. The van der Waals surface area contributed by atoms with E-state index in [1.54, 1.807) is 36.4 Å². The number of fused-ring (bicyclic) bond motifs is 1. The Labute approximate surface area is 300 Å². The lowest BCUT2D eigenvalue weighted by Crippen LogP contribution is -2.46. The van der Waals surface area contributed by atoms with E-state index >= 15 is 0 Å². The van der Waals surface area contributed by atoms with Gasteiger partial charge in [-0.3, -0.25) is 9.69 Å². The van der Waals surface area contributed by atoms with E-state index in [1.807, 2.05) is 18.2 Å². The van der Waals surface area contributed by atoms with Crippen LogP contribution in [0.15, 0.2) is 100 Å². The van der Waals surface area contributed by atoms with Crippen molar-refractivity contribution in [3.8, 4) is 11.1 Å². The van der Waals surface area contributed by atoms with Crippen LogP contribution in [0.2, 0.25) is 10.0 Å². The van der Waals surface area contributed by atoms with Crippen LogP contribution < -0.4 is 15.8 Å². The fourth-order valence-electron chi connectivity index (χ4n) is 6.14. The van der Waals surface area contributed by atoms with E-state index in [2.05, 4.69) is 27.2 Å². The summed E-state index contributed by atoms with van der Waals surface area (Å²) < 4.78 is 47.0. The minimum atomic E-state index is -4.81. The van der Waals surface area contributed by atoms with Crippen molar-refractivity contribution in [2.45, 2.75) is 19.1 Å². The molecular formula is C38H30Cl2F3N3O5. The number of halogens is 5. The van der Waals surface area contributed by atoms with Crippen LogP contribution in [0.3, 0.4) is 0 Å². The molecule has 1 fully saturated rings. The number of piperazine rings is 1. The quantitative estimate of drug-likeness (QED) is 0.116. The zero-order chi connectivity index (χ0) is 36.3. The molecule has 0 saturated carbocycles. The smallest absolute Gasteiger partial charge is 0.418 e. The summed E-state index contributed by atoms with van der Waals surface area (Å²) in [5, 5.41) is 12.1. The molecule has 1 aliphatic heterocycles.